The fourth-order valence-corrected chi connectivity index (χ4v) is 2.43. The van der Waals surface area contributed by atoms with Gasteiger partial charge in [-0.05, 0) is 38.1 Å². The molecule has 112 valence electrons. The van der Waals surface area contributed by atoms with Gasteiger partial charge < -0.3 is 14.7 Å². The molecule has 1 N–H and O–H groups in total. The minimum absolute atomic E-state index is 0.293. The van der Waals surface area contributed by atoms with Crippen LogP contribution in [0, 0.1) is 0 Å². The summed E-state index contributed by atoms with van der Waals surface area (Å²) in [5.41, 5.74) is 1.14. The van der Waals surface area contributed by atoms with E-state index in [1.165, 1.54) is 0 Å². The van der Waals surface area contributed by atoms with Gasteiger partial charge in [0.1, 0.15) is 12.4 Å². The molecule has 4 nitrogen and oxygen atoms in total. The quantitative estimate of drug-likeness (QED) is 0.849. The molecule has 1 heterocycles. The van der Waals surface area contributed by atoms with Crippen molar-refractivity contribution in [3.8, 4) is 5.75 Å². The van der Waals surface area contributed by atoms with Crippen molar-refractivity contribution in [1.82, 2.24) is 9.80 Å². The molecule has 4 heteroatoms. The Morgan fingerprint density at radius 3 is 2.40 bits per heavy atom. The van der Waals surface area contributed by atoms with Crippen molar-refractivity contribution in [2.24, 2.45) is 0 Å². The lowest BCUT2D eigenvalue weighted by molar-refractivity contribution is 0.133. The monoisotopic (exact) mass is 278 g/mol. The fraction of sp³-hybridized carbons (Fsp3) is 0.625. The third kappa shape index (κ3) is 5.12. The summed E-state index contributed by atoms with van der Waals surface area (Å²) in [4.78, 5) is 4.81. The van der Waals surface area contributed by atoms with Gasteiger partial charge in [0.25, 0.3) is 0 Å². The van der Waals surface area contributed by atoms with Gasteiger partial charge in [0, 0.05) is 32.7 Å². The van der Waals surface area contributed by atoms with E-state index in [-0.39, 0.29) is 6.10 Å². The normalized spacial score (nSPS) is 18.9. The molecule has 1 atom stereocenters. The fourth-order valence-electron chi connectivity index (χ4n) is 2.43. The van der Waals surface area contributed by atoms with Crippen LogP contribution in [-0.2, 0) is 6.42 Å². The van der Waals surface area contributed by atoms with Crippen LogP contribution in [0.15, 0.2) is 24.3 Å². The molecule has 1 aliphatic heterocycles. The number of ether oxygens (including phenoxy) is 1. The summed E-state index contributed by atoms with van der Waals surface area (Å²) in [7, 11) is 2.17. The maximum Gasteiger partial charge on any atom is 0.119 e. The van der Waals surface area contributed by atoms with E-state index in [9.17, 15) is 5.11 Å². The summed E-state index contributed by atoms with van der Waals surface area (Å²) < 4.78 is 5.78. The van der Waals surface area contributed by atoms with Crippen LogP contribution in [0.3, 0.4) is 0 Å². The summed E-state index contributed by atoms with van der Waals surface area (Å²) in [6.45, 7) is 8.09. The summed E-state index contributed by atoms with van der Waals surface area (Å²) in [6, 6.07) is 8.03. The zero-order valence-electron chi connectivity index (χ0n) is 12.6. The molecule has 1 unspecified atom stereocenters. The van der Waals surface area contributed by atoms with Crippen molar-refractivity contribution in [2.45, 2.75) is 19.4 Å². The molecule has 0 saturated carbocycles. The highest BCUT2D eigenvalue weighted by Gasteiger charge is 2.13. The van der Waals surface area contributed by atoms with Crippen molar-refractivity contribution in [3.63, 3.8) is 0 Å². The molecule has 1 aromatic rings. The third-order valence-corrected chi connectivity index (χ3v) is 3.73. The van der Waals surface area contributed by atoms with Gasteiger partial charge in [0.2, 0.25) is 0 Å². The Labute approximate surface area is 122 Å². The Hall–Kier alpha value is -1.10. The first-order valence-corrected chi connectivity index (χ1v) is 7.44. The summed E-state index contributed by atoms with van der Waals surface area (Å²) in [5.74, 6) is 0.911. The standard InChI is InChI=1S/C16H26N2O2/c1-14(19)13-15-3-5-16(6-4-15)20-12-11-18-9-7-17(2)8-10-18/h3-6,14,19H,7-13H2,1-2H3. The summed E-state index contributed by atoms with van der Waals surface area (Å²) in [5, 5.41) is 9.34. The van der Waals surface area contributed by atoms with Crippen LogP contribution in [0.2, 0.25) is 0 Å². The first-order chi connectivity index (χ1) is 9.63. The van der Waals surface area contributed by atoms with Gasteiger partial charge in [-0.3, -0.25) is 4.90 Å². The number of aliphatic hydroxyl groups excluding tert-OH is 1. The van der Waals surface area contributed by atoms with Crippen molar-refractivity contribution < 1.29 is 9.84 Å². The van der Waals surface area contributed by atoms with E-state index in [4.69, 9.17) is 4.74 Å². The Morgan fingerprint density at radius 1 is 1.15 bits per heavy atom. The van der Waals surface area contributed by atoms with Crippen molar-refractivity contribution in [2.75, 3.05) is 46.4 Å². The molecular weight excluding hydrogens is 252 g/mol. The van der Waals surface area contributed by atoms with Crippen LogP contribution in [-0.4, -0.2) is 67.4 Å². The topological polar surface area (TPSA) is 35.9 Å². The lowest BCUT2D eigenvalue weighted by Gasteiger charge is -2.32. The molecule has 1 aromatic carbocycles. The molecule has 0 bridgehead atoms. The van der Waals surface area contributed by atoms with Crippen LogP contribution in [0.1, 0.15) is 12.5 Å². The van der Waals surface area contributed by atoms with Crippen LogP contribution < -0.4 is 4.74 Å². The summed E-state index contributed by atoms with van der Waals surface area (Å²) in [6.07, 6.45) is 0.403. The van der Waals surface area contributed by atoms with Gasteiger partial charge >= 0.3 is 0 Å². The predicted octanol–water partition coefficient (Wildman–Crippen LogP) is 1.24. The summed E-state index contributed by atoms with van der Waals surface area (Å²) >= 11 is 0. The molecule has 1 saturated heterocycles. The number of piperazine rings is 1. The van der Waals surface area contributed by atoms with Gasteiger partial charge in [-0.25, -0.2) is 0 Å². The predicted molar refractivity (Wildman–Crippen MR) is 81.3 cm³/mol. The smallest absolute Gasteiger partial charge is 0.119 e. The maximum absolute atomic E-state index is 9.34. The molecule has 1 aliphatic rings. The molecule has 1 fully saturated rings. The number of rotatable bonds is 6. The average molecular weight is 278 g/mol. The number of benzene rings is 1. The van der Waals surface area contributed by atoms with Gasteiger partial charge in [0.15, 0.2) is 0 Å². The van der Waals surface area contributed by atoms with Crippen molar-refractivity contribution in [1.29, 1.82) is 0 Å². The van der Waals surface area contributed by atoms with E-state index in [0.717, 1.165) is 50.6 Å². The van der Waals surface area contributed by atoms with E-state index in [0.29, 0.717) is 6.42 Å². The van der Waals surface area contributed by atoms with Gasteiger partial charge in [0.05, 0.1) is 6.10 Å². The molecule has 0 aromatic heterocycles. The Balaban J connectivity index is 1.69. The zero-order chi connectivity index (χ0) is 14.4. The van der Waals surface area contributed by atoms with Crippen LogP contribution >= 0.6 is 0 Å². The van der Waals surface area contributed by atoms with E-state index in [2.05, 4.69) is 16.8 Å². The van der Waals surface area contributed by atoms with E-state index in [1.54, 1.807) is 6.92 Å². The molecule has 2 rings (SSSR count). The van der Waals surface area contributed by atoms with Crippen LogP contribution in [0.4, 0.5) is 0 Å². The van der Waals surface area contributed by atoms with Crippen molar-refractivity contribution >= 4 is 0 Å². The minimum Gasteiger partial charge on any atom is -0.492 e. The average Bonchev–Trinajstić information content (AvgIpc) is 2.42. The Kier molecular flexibility index (Phi) is 5.83. The maximum atomic E-state index is 9.34. The SMILES string of the molecule is CC(O)Cc1ccc(OCCN2CCN(C)CC2)cc1. The molecule has 0 amide bonds. The van der Waals surface area contributed by atoms with Gasteiger partial charge in [-0.2, -0.15) is 0 Å². The highest BCUT2D eigenvalue weighted by Crippen LogP contribution is 2.13. The third-order valence-electron chi connectivity index (χ3n) is 3.73. The zero-order valence-corrected chi connectivity index (χ0v) is 12.6. The van der Waals surface area contributed by atoms with E-state index < -0.39 is 0 Å². The number of hydrogen-bond donors (Lipinski definition) is 1. The Morgan fingerprint density at radius 2 is 1.80 bits per heavy atom. The second-order valence-corrected chi connectivity index (χ2v) is 5.69. The molecular formula is C16H26N2O2. The lowest BCUT2D eigenvalue weighted by atomic mass is 10.1. The lowest BCUT2D eigenvalue weighted by Crippen LogP contribution is -2.45. The molecule has 0 spiro atoms. The first-order valence-electron chi connectivity index (χ1n) is 7.44. The Bertz CT molecular complexity index is 384. The van der Waals surface area contributed by atoms with Crippen LogP contribution in [0.25, 0.3) is 0 Å². The number of likely N-dealkylation sites (N-methyl/N-ethyl adjacent to an activating group) is 1. The van der Waals surface area contributed by atoms with E-state index in [1.807, 2.05) is 24.3 Å². The van der Waals surface area contributed by atoms with Gasteiger partial charge in [-0.1, -0.05) is 12.1 Å². The second-order valence-electron chi connectivity index (χ2n) is 5.69. The molecule has 0 aliphatic carbocycles. The minimum atomic E-state index is -0.293. The second kappa shape index (κ2) is 7.62. The van der Waals surface area contributed by atoms with Crippen molar-refractivity contribution in [3.05, 3.63) is 29.8 Å². The number of nitrogens with zero attached hydrogens (tertiary/aromatic N) is 2. The number of aliphatic hydroxyl groups is 1. The van der Waals surface area contributed by atoms with Gasteiger partial charge in [-0.15, -0.1) is 0 Å². The highest BCUT2D eigenvalue weighted by atomic mass is 16.5. The number of hydrogen-bond acceptors (Lipinski definition) is 4. The molecule has 0 radical (unpaired) electrons. The highest BCUT2D eigenvalue weighted by molar-refractivity contribution is 5.27. The molecule has 20 heavy (non-hydrogen) atoms. The van der Waals surface area contributed by atoms with Crippen LogP contribution in [0.5, 0.6) is 5.75 Å². The first kappa shape index (κ1) is 15.3. The van der Waals surface area contributed by atoms with E-state index >= 15 is 0 Å². The largest absolute Gasteiger partial charge is 0.492 e.